The molecule has 0 aromatic heterocycles. The number of ketones is 1. The van der Waals surface area contributed by atoms with Gasteiger partial charge in [-0.15, -0.1) is 0 Å². The summed E-state index contributed by atoms with van der Waals surface area (Å²) in [5.74, 6) is 0.136. The number of hydrogen-bond donors (Lipinski definition) is 0. The minimum Gasteiger partial charge on any atom is -0.489 e. The molecule has 1 heterocycles. The van der Waals surface area contributed by atoms with Gasteiger partial charge in [0.15, 0.2) is 6.29 Å². The molecule has 1 aliphatic rings. The second kappa shape index (κ2) is 3.46. The molecule has 1 aromatic rings. The second-order valence-electron chi connectivity index (χ2n) is 2.91. The molecule has 3 heteroatoms. The molecule has 0 bridgehead atoms. The van der Waals surface area contributed by atoms with Gasteiger partial charge in [0.25, 0.3) is 0 Å². The maximum Gasteiger partial charge on any atom is 0.226 e. The minimum atomic E-state index is -0.517. The average molecular weight is 188 g/mol. The van der Waals surface area contributed by atoms with Gasteiger partial charge in [-0.2, -0.15) is 0 Å². The molecule has 1 aliphatic heterocycles. The predicted molar refractivity (Wildman–Crippen MR) is 51.4 cm³/mol. The summed E-state index contributed by atoms with van der Waals surface area (Å²) >= 11 is 0. The van der Waals surface area contributed by atoms with Crippen LogP contribution >= 0.6 is 0 Å². The summed E-state index contributed by atoms with van der Waals surface area (Å²) in [7, 11) is 0. The van der Waals surface area contributed by atoms with E-state index < -0.39 is 5.78 Å². The molecule has 1 aromatic carbocycles. The van der Waals surface area contributed by atoms with Crippen LogP contribution in [-0.4, -0.2) is 18.7 Å². The Hall–Kier alpha value is -1.90. The average Bonchev–Trinajstić information content (AvgIpc) is 2.27. The summed E-state index contributed by atoms with van der Waals surface area (Å²) in [5.41, 5.74) is 1.09. The molecule has 0 unspecified atom stereocenters. The van der Waals surface area contributed by atoms with Gasteiger partial charge in [0, 0.05) is 11.1 Å². The van der Waals surface area contributed by atoms with Gasteiger partial charge in [-0.3, -0.25) is 9.59 Å². The van der Waals surface area contributed by atoms with Crippen molar-refractivity contribution >= 4 is 18.1 Å². The lowest BCUT2D eigenvalue weighted by atomic mass is 10.0. The first-order chi connectivity index (χ1) is 6.83. The number of ether oxygens (including phenoxy) is 1. The number of hydrogen-bond acceptors (Lipinski definition) is 3. The van der Waals surface area contributed by atoms with Crippen LogP contribution in [0, 0.1) is 0 Å². The standard InChI is InChI=1S/C11H8O3/c12-7-10(13)8-3-1-5-11-9(8)4-2-6-14-11/h1-5,7H,6H2. The topological polar surface area (TPSA) is 43.4 Å². The zero-order chi connectivity index (χ0) is 9.97. The number of aldehydes is 1. The van der Waals surface area contributed by atoms with Crippen molar-refractivity contribution in [2.75, 3.05) is 6.61 Å². The van der Waals surface area contributed by atoms with E-state index in [-0.39, 0.29) is 0 Å². The van der Waals surface area contributed by atoms with E-state index in [0.29, 0.717) is 29.8 Å². The van der Waals surface area contributed by atoms with Gasteiger partial charge in [-0.05, 0) is 12.1 Å². The van der Waals surface area contributed by atoms with Gasteiger partial charge >= 0.3 is 0 Å². The first kappa shape index (κ1) is 8.69. The molecular weight excluding hydrogens is 180 g/mol. The second-order valence-corrected chi connectivity index (χ2v) is 2.91. The SMILES string of the molecule is O=CC(=O)c1cccc2c1C=CCO2. The van der Waals surface area contributed by atoms with Crippen LogP contribution in [0.3, 0.4) is 0 Å². The number of carbonyl (C=O) groups excluding carboxylic acids is 2. The number of benzene rings is 1. The summed E-state index contributed by atoms with van der Waals surface area (Å²) in [6.45, 7) is 0.506. The third kappa shape index (κ3) is 1.33. The zero-order valence-corrected chi connectivity index (χ0v) is 7.40. The number of Topliss-reactive ketones (excluding diaryl/α,β-unsaturated/α-hetero) is 1. The molecule has 0 atom stereocenters. The molecule has 0 amide bonds. The molecule has 0 fully saturated rings. The Morgan fingerprint density at radius 1 is 1.43 bits per heavy atom. The fourth-order valence-electron chi connectivity index (χ4n) is 1.42. The Balaban J connectivity index is 2.57. The summed E-state index contributed by atoms with van der Waals surface area (Å²) in [6, 6.07) is 5.10. The molecule has 0 spiro atoms. The van der Waals surface area contributed by atoms with E-state index in [1.54, 1.807) is 24.3 Å². The van der Waals surface area contributed by atoms with Crippen LogP contribution in [0.1, 0.15) is 15.9 Å². The predicted octanol–water partition coefficient (Wildman–Crippen LogP) is 1.47. The number of rotatable bonds is 2. The fourth-order valence-corrected chi connectivity index (χ4v) is 1.42. The Kier molecular flexibility index (Phi) is 2.14. The molecule has 0 saturated carbocycles. The van der Waals surface area contributed by atoms with Crippen molar-refractivity contribution in [1.29, 1.82) is 0 Å². The molecule has 14 heavy (non-hydrogen) atoms. The lowest BCUT2D eigenvalue weighted by Crippen LogP contribution is -2.07. The molecule has 0 saturated heterocycles. The third-order valence-corrected chi connectivity index (χ3v) is 2.06. The zero-order valence-electron chi connectivity index (χ0n) is 7.40. The van der Waals surface area contributed by atoms with E-state index >= 15 is 0 Å². The van der Waals surface area contributed by atoms with Crippen LogP contribution in [0.15, 0.2) is 24.3 Å². The molecule has 3 nitrogen and oxygen atoms in total. The van der Waals surface area contributed by atoms with Crippen LogP contribution in [0.2, 0.25) is 0 Å². The quantitative estimate of drug-likeness (QED) is 0.401. The monoisotopic (exact) mass is 188 g/mol. The summed E-state index contributed by atoms with van der Waals surface area (Å²) < 4.78 is 5.30. The van der Waals surface area contributed by atoms with E-state index in [9.17, 15) is 9.59 Å². The van der Waals surface area contributed by atoms with Crippen molar-refractivity contribution < 1.29 is 14.3 Å². The Labute approximate surface area is 81.0 Å². The molecule has 70 valence electrons. The van der Waals surface area contributed by atoms with E-state index in [4.69, 9.17) is 4.74 Å². The van der Waals surface area contributed by atoms with E-state index in [1.165, 1.54) is 0 Å². The smallest absolute Gasteiger partial charge is 0.226 e. The maximum absolute atomic E-state index is 11.2. The third-order valence-electron chi connectivity index (χ3n) is 2.06. The van der Waals surface area contributed by atoms with E-state index in [1.807, 2.05) is 6.08 Å². The highest BCUT2D eigenvalue weighted by atomic mass is 16.5. The van der Waals surface area contributed by atoms with E-state index in [2.05, 4.69) is 0 Å². The van der Waals surface area contributed by atoms with Crippen LogP contribution in [0.5, 0.6) is 5.75 Å². The Bertz CT molecular complexity index is 419. The van der Waals surface area contributed by atoms with Crippen molar-refractivity contribution in [2.45, 2.75) is 0 Å². The first-order valence-electron chi connectivity index (χ1n) is 4.25. The minimum absolute atomic E-state index is 0.318. The first-order valence-corrected chi connectivity index (χ1v) is 4.25. The van der Waals surface area contributed by atoms with Crippen molar-refractivity contribution in [3.8, 4) is 5.75 Å². The fraction of sp³-hybridized carbons (Fsp3) is 0.0909. The van der Waals surface area contributed by atoms with Crippen LogP contribution in [0.25, 0.3) is 6.08 Å². The van der Waals surface area contributed by atoms with E-state index in [0.717, 1.165) is 0 Å². The van der Waals surface area contributed by atoms with Crippen molar-refractivity contribution in [3.05, 3.63) is 35.4 Å². The van der Waals surface area contributed by atoms with Gasteiger partial charge < -0.3 is 4.74 Å². The highest BCUT2D eigenvalue weighted by Crippen LogP contribution is 2.26. The molecule has 2 rings (SSSR count). The number of fused-ring (bicyclic) bond motifs is 1. The van der Waals surface area contributed by atoms with Crippen LogP contribution < -0.4 is 4.74 Å². The Morgan fingerprint density at radius 2 is 2.29 bits per heavy atom. The molecule has 0 aliphatic carbocycles. The Morgan fingerprint density at radius 3 is 3.07 bits per heavy atom. The van der Waals surface area contributed by atoms with Gasteiger partial charge in [0.2, 0.25) is 5.78 Å². The highest BCUT2D eigenvalue weighted by molar-refractivity contribution is 6.34. The van der Waals surface area contributed by atoms with Gasteiger partial charge in [0.05, 0.1) is 0 Å². The van der Waals surface area contributed by atoms with Crippen LogP contribution in [-0.2, 0) is 4.79 Å². The number of carbonyl (C=O) groups is 2. The van der Waals surface area contributed by atoms with Crippen molar-refractivity contribution in [1.82, 2.24) is 0 Å². The lowest BCUT2D eigenvalue weighted by Gasteiger charge is -2.13. The largest absolute Gasteiger partial charge is 0.489 e. The van der Waals surface area contributed by atoms with Gasteiger partial charge in [-0.25, -0.2) is 0 Å². The maximum atomic E-state index is 11.2. The summed E-state index contributed by atoms with van der Waals surface area (Å²) in [4.78, 5) is 21.6. The normalized spacial score (nSPS) is 12.9. The van der Waals surface area contributed by atoms with Gasteiger partial charge in [0.1, 0.15) is 12.4 Å². The molecule has 0 radical (unpaired) electrons. The lowest BCUT2D eigenvalue weighted by molar-refractivity contribution is -0.104. The molecular formula is C11H8O3. The van der Waals surface area contributed by atoms with Crippen LogP contribution in [0.4, 0.5) is 0 Å². The highest BCUT2D eigenvalue weighted by Gasteiger charge is 2.14. The van der Waals surface area contributed by atoms with Crippen molar-refractivity contribution in [3.63, 3.8) is 0 Å². The van der Waals surface area contributed by atoms with Crippen molar-refractivity contribution in [2.24, 2.45) is 0 Å². The molecule has 0 N–H and O–H groups in total. The van der Waals surface area contributed by atoms with Gasteiger partial charge in [-0.1, -0.05) is 18.2 Å². The summed E-state index contributed by atoms with van der Waals surface area (Å²) in [6.07, 6.45) is 3.93. The summed E-state index contributed by atoms with van der Waals surface area (Å²) in [5, 5.41) is 0.